The normalized spacial score (nSPS) is 11.8. The van der Waals surface area contributed by atoms with Crippen LogP contribution in [0.25, 0.3) is 0 Å². The summed E-state index contributed by atoms with van der Waals surface area (Å²) in [7, 11) is -4.63. The number of hydrogen-bond acceptors (Lipinski definition) is 3. The molecule has 0 aliphatic carbocycles. The molecule has 68 valence electrons. The maximum atomic E-state index is 12.3. The maximum absolute atomic E-state index is 12.3. The Labute approximate surface area is 70.3 Å². The van der Waals surface area contributed by atoms with Gasteiger partial charge in [0.2, 0.25) is 5.03 Å². The molecule has 1 heterocycles. The molecule has 4 nitrogen and oxygen atoms in total. The molecule has 0 saturated heterocycles. The Morgan fingerprint density at radius 2 is 2.33 bits per heavy atom. The van der Waals surface area contributed by atoms with Crippen molar-refractivity contribution in [2.75, 3.05) is 0 Å². The van der Waals surface area contributed by atoms with Gasteiger partial charge in [-0.3, -0.25) is 0 Å². The van der Waals surface area contributed by atoms with E-state index in [1.54, 1.807) is 0 Å². The molecule has 0 amide bonds. The lowest BCUT2D eigenvalue weighted by Gasteiger charge is -1.94. The number of rotatable bonds is 3. The highest BCUT2D eigenvalue weighted by Crippen LogP contribution is 2.08. The first kappa shape index (κ1) is 9.18. The summed E-state index contributed by atoms with van der Waals surface area (Å²) >= 11 is 0. The molecular weight excluding hydrogens is 183 g/mol. The second-order valence-electron chi connectivity index (χ2n) is 2.39. The smallest absolute Gasteiger partial charge is 0.336 e. The first-order valence-electron chi connectivity index (χ1n) is 3.50. The lowest BCUT2D eigenvalue weighted by Crippen LogP contribution is -1.93. The zero-order valence-electron chi connectivity index (χ0n) is 6.57. The average Bonchev–Trinajstić information content (AvgIpc) is 2.35. The predicted octanol–water partition coefficient (Wildman–Crippen LogP) is 0.951. The largest absolute Gasteiger partial charge is 0.351 e. The van der Waals surface area contributed by atoms with E-state index in [1.165, 1.54) is 17.1 Å². The average molecular weight is 192 g/mol. The van der Waals surface area contributed by atoms with Crippen molar-refractivity contribution in [1.29, 1.82) is 0 Å². The highest BCUT2D eigenvalue weighted by Gasteiger charge is 2.14. The van der Waals surface area contributed by atoms with Gasteiger partial charge in [0.15, 0.2) is 0 Å². The van der Waals surface area contributed by atoms with E-state index < -0.39 is 15.2 Å². The summed E-state index contributed by atoms with van der Waals surface area (Å²) in [4.78, 5) is 3.41. The fourth-order valence-corrected chi connectivity index (χ4v) is 1.28. The maximum Gasteiger partial charge on any atom is 0.351 e. The molecule has 1 aromatic heterocycles. The molecule has 6 heteroatoms. The van der Waals surface area contributed by atoms with E-state index in [9.17, 15) is 12.3 Å². The van der Waals surface area contributed by atoms with Gasteiger partial charge >= 0.3 is 10.2 Å². The van der Waals surface area contributed by atoms with Crippen LogP contribution in [0.2, 0.25) is 0 Å². The molecule has 0 spiro atoms. The lowest BCUT2D eigenvalue weighted by molar-refractivity contribution is 0.548. The van der Waals surface area contributed by atoms with E-state index in [0.29, 0.717) is 6.54 Å². The third-order valence-electron chi connectivity index (χ3n) is 1.34. The van der Waals surface area contributed by atoms with E-state index >= 15 is 0 Å². The second kappa shape index (κ2) is 3.22. The SMILES string of the molecule is CCCn1cnc(S(=O)(=O)F)c1. The molecular formula is C6H9FN2O2S. The third kappa shape index (κ3) is 2.04. The van der Waals surface area contributed by atoms with Crippen molar-refractivity contribution in [2.45, 2.75) is 24.9 Å². The molecule has 12 heavy (non-hydrogen) atoms. The summed E-state index contributed by atoms with van der Waals surface area (Å²) in [5.74, 6) is 0. The van der Waals surface area contributed by atoms with Crippen molar-refractivity contribution < 1.29 is 12.3 Å². The molecule has 0 bridgehead atoms. The van der Waals surface area contributed by atoms with Crippen LogP contribution < -0.4 is 0 Å². The molecule has 1 rings (SSSR count). The van der Waals surface area contributed by atoms with Gasteiger partial charge in [0.25, 0.3) is 0 Å². The van der Waals surface area contributed by atoms with Crippen molar-refractivity contribution >= 4 is 10.2 Å². The van der Waals surface area contributed by atoms with Crippen LogP contribution in [-0.4, -0.2) is 18.0 Å². The molecule has 0 aliphatic rings. The van der Waals surface area contributed by atoms with Gasteiger partial charge in [-0.15, -0.1) is 0 Å². The topological polar surface area (TPSA) is 52.0 Å². The first-order chi connectivity index (χ1) is 5.54. The van der Waals surface area contributed by atoms with E-state index in [0.717, 1.165) is 6.42 Å². The number of nitrogens with zero attached hydrogens (tertiary/aromatic N) is 2. The minimum atomic E-state index is -4.63. The minimum Gasteiger partial charge on any atom is -0.336 e. The zero-order valence-corrected chi connectivity index (χ0v) is 7.38. The Morgan fingerprint density at radius 1 is 1.67 bits per heavy atom. The monoisotopic (exact) mass is 192 g/mol. The Hall–Kier alpha value is -0.910. The summed E-state index contributed by atoms with van der Waals surface area (Å²) in [6.45, 7) is 2.58. The quantitative estimate of drug-likeness (QED) is 0.670. The van der Waals surface area contributed by atoms with Gasteiger partial charge in [0.1, 0.15) is 0 Å². The summed E-state index contributed by atoms with van der Waals surface area (Å²) in [6, 6.07) is 0. The molecule has 0 aromatic carbocycles. The lowest BCUT2D eigenvalue weighted by atomic mass is 10.5. The molecule has 0 unspecified atom stereocenters. The van der Waals surface area contributed by atoms with Crippen LogP contribution in [0.4, 0.5) is 3.89 Å². The van der Waals surface area contributed by atoms with Crippen LogP contribution in [0.5, 0.6) is 0 Å². The van der Waals surface area contributed by atoms with Crippen molar-refractivity contribution in [1.82, 2.24) is 9.55 Å². The zero-order chi connectivity index (χ0) is 9.19. The first-order valence-corrected chi connectivity index (χ1v) is 4.89. The summed E-state index contributed by atoms with van der Waals surface area (Å²) in [5, 5.41) is -0.518. The van der Waals surface area contributed by atoms with Gasteiger partial charge in [-0.25, -0.2) is 4.98 Å². The fourth-order valence-electron chi connectivity index (χ4n) is 0.846. The summed E-state index contributed by atoms with van der Waals surface area (Å²) in [5.41, 5.74) is 0. The number of halogens is 1. The number of hydrogen-bond donors (Lipinski definition) is 0. The predicted molar refractivity (Wildman–Crippen MR) is 40.8 cm³/mol. The number of aromatic nitrogens is 2. The van der Waals surface area contributed by atoms with E-state index in [4.69, 9.17) is 0 Å². The molecule has 1 aromatic rings. The summed E-state index contributed by atoms with van der Waals surface area (Å²) in [6.07, 6.45) is 3.33. The van der Waals surface area contributed by atoms with Crippen LogP contribution >= 0.6 is 0 Å². The van der Waals surface area contributed by atoms with Gasteiger partial charge < -0.3 is 4.57 Å². The molecule has 0 radical (unpaired) electrons. The van der Waals surface area contributed by atoms with Crippen LogP contribution in [0.3, 0.4) is 0 Å². The van der Waals surface area contributed by atoms with E-state index in [1.807, 2.05) is 6.92 Å². The Balaban J connectivity index is 2.92. The van der Waals surface area contributed by atoms with E-state index in [-0.39, 0.29) is 0 Å². The van der Waals surface area contributed by atoms with Gasteiger partial charge in [-0.05, 0) is 6.42 Å². The Kier molecular flexibility index (Phi) is 2.46. The van der Waals surface area contributed by atoms with Gasteiger partial charge in [-0.1, -0.05) is 10.8 Å². The van der Waals surface area contributed by atoms with Crippen LogP contribution in [0.15, 0.2) is 17.6 Å². The van der Waals surface area contributed by atoms with Crippen molar-refractivity contribution in [3.05, 3.63) is 12.5 Å². The van der Waals surface area contributed by atoms with Crippen LogP contribution in [0.1, 0.15) is 13.3 Å². The highest BCUT2D eigenvalue weighted by atomic mass is 32.3. The van der Waals surface area contributed by atoms with Crippen molar-refractivity contribution in [3.63, 3.8) is 0 Å². The van der Waals surface area contributed by atoms with Gasteiger partial charge in [0, 0.05) is 12.7 Å². The highest BCUT2D eigenvalue weighted by molar-refractivity contribution is 7.86. The van der Waals surface area contributed by atoms with Crippen LogP contribution in [0, 0.1) is 0 Å². The third-order valence-corrected chi connectivity index (χ3v) is 2.05. The molecule has 0 N–H and O–H groups in total. The molecule has 0 fully saturated rings. The van der Waals surface area contributed by atoms with Gasteiger partial charge in [0.05, 0.1) is 6.33 Å². The van der Waals surface area contributed by atoms with Crippen LogP contribution in [-0.2, 0) is 16.8 Å². The van der Waals surface area contributed by atoms with Gasteiger partial charge in [-0.2, -0.15) is 8.42 Å². The van der Waals surface area contributed by atoms with Crippen molar-refractivity contribution in [2.24, 2.45) is 0 Å². The fraction of sp³-hybridized carbons (Fsp3) is 0.500. The molecule has 0 saturated carbocycles. The molecule has 0 aliphatic heterocycles. The Bertz CT molecular complexity index is 357. The standard InChI is InChI=1S/C6H9FN2O2S/c1-2-3-9-4-6(8-5-9)12(7,10)11/h4-5H,2-3H2,1H3. The second-order valence-corrected chi connectivity index (χ2v) is 3.68. The summed E-state index contributed by atoms with van der Waals surface area (Å²) < 4.78 is 34.4. The minimum absolute atomic E-state index is 0.518. The van der Waals surface area contributed by atoms with Crippen molar-refractivity contribution in [3.8, 4) is 0 Å². The van der Waals surface area contributed by atoms with E-state index in [2.05, 4.69) is 4.98 Å². The number of aryl methyl sites for hydroxylation is 1. The molecule has 0 atom stereocenters. The number of imidazole rings is 1. The Morgan fingerprint density at radius 3 is 2.75 bits per heavy atom.